The molecule has 0 fully saturated rings. The van der Waals surface area contributed by atoms with E-state index in [0.717, 1.165) is 17.7 Å². The Morgan fingerprint density at radius 1 is 1.44 bits per heavy atom. The van der Waals surface area contributed by atoms with E-state index in [0.29, 0.717) is 13.2 Å². The molecule has 0 aromatic heterocycles. The maximum Gasteiger partial charge on any atom is 0.241 e. The Hall–Kier alpha value is -1.39. The van der Waals surface area contributed by atoms with E-state index < -0.39 is 6.04 Å². The zero-order valence-electron chi connectivity index (χ0n) is 10.9. The zero-order valence-corrected chi connectivity index (χ0v) is 10.9. The fourth-order valence-electron chi connectivity index (χ4n) is 1.99. The van der Waals surface area contributed by atoms with Crippen LogP contribution in [0.25, 0.3) is 0 Å². The molecule has 0 bridgehead atoms. The van der Waals surface area contributed by atoms with Crippen molar-refractivity contribution in [3.05, 3.63) is 29.3 Å². The number of nitrogens with one attached hydrogen (secondary N) is 1. The van der Waals surface area contributed by atoms with E-state index in [4.69, 9.17) is 10.5 Å². The summed E-state index contributed by atoms with van der Waals surface area (Å²) in [6.07, 6.45) is 0.895. The Bertz CT molecular complexity index is 445. The SMILES string of the molecule is CCC(C)C(N)C(=O)Nc1ccc2c(c1)COC2. The molecule has 1 aromatic carbocycles. The molecule has 18 heavy (non-hydrogen) atoms. The van der Waals surface area contributed by atoms with Crippen LogP contribution in [0, 0.1) is 5.92 Å². The molecule has 3 N–H and O–H groups in total. The lowest BCUT2D eigenvalue weighted by Gasteiger charge is -2.17. The molecule has 0 spiro atoms. The molecule has 0 saturated carbocycles. The second-order valence-electron chi connectivity index (χ2n) is 4.88. The number of carbonyl (C=O) groups is 1. The molecular weight excluding hydrogens is 228 g/mol. The van der Waals surface area contributed by atoms with Gasteiger partial charge in [-0.2, -0.15) is 0 Å². The Morgan fingerprint density at radius 2 is 2.17 bits per heavy atom. The third-order valence-electron chi connectivity index (χ3n) is 3.55. The van der Waals surface area contributed by atoms with Crippen molar-refractivity contribution in [3.63, 3.8) is 0 Å². The highest BCUT2D eigenvalue weighted by molar-refractivity contribution is 5.95. The predicted octanol–water partition coefficient (Wildman–Crippen LogP) is 2.03. The standard InChI is InChI=1S/C14H20N2O2/c1-3-9(2)13(15)14(17)16-12-5-4-10-7-18-8-11(10)6-12/h4-6,9,13H,3,7-8,15H2,1-2H3,(H,16,17). The number of carbonyl (C=O) groups excluding carboxylic acids is 1. The van der Waals surface area contributed by atoms with E-state index in [1.54, 1.807) is 0 Å². The summed E-state index contributed by atoms with van der Waals surface area (Å²) in [5.74, 6) is 0.0611. The van der Waals surface area contributed by atoms with Crippen LogP contribution in [-0.2, 0) is 22.7 Å². The largest absolute Gasteiger partial charge is 0.372 e. The molecule has 1 heterocycles. The molecule has 2 atom stereocenters. The highest BCUT2D eigenvalue weighted by atomic mass is 16.5. The third kappa shape index (κ3) is 2.71. The molecule has 1 aromatic rings. The van der Waals surface area contributed by atoms with Crippen LogP contribution >= 0.6 is 0 Å². The Labute approximate surface area is 108 Å². The molecule has 0 saturated heterocycles. The molecule has 1 aliphatic rings. The van der Waals surface area contributed by atoms with E-state index in [1.165, 1.54) is 5.56 Å². The molecule has 1 amide bonds. The number of amides is 1. The summed E-state index contributed by atoms with van der Waals surface area (Å²) in [7, 11) is 0. The molecular formula is C14H20N2O2. The van der Waals surface area contributed by atoms with Crippen LogP contribution in [0.4, 0.5) is 5.69 Å². The number of benzene rings is 1. The van der Waals surface area contributed by atoms with Gasteiger partial charge in [0.15, 0.2) is 0 Å². The minimum atomic E-state index is -0.459. The summed E-state index contributed by atoms with van der Waals surface area (Å²) >= 11 is 0. The van der Waals surface area contributed by atoms with Crippen molar-refractivity contribution in [2.45, 2.75) is 39.5 Å². The molecule has 98 valence electrons. The van der Waals surface area contributed by atoms with Gasteiger partial charge in [-0.15, -0.1) is 0 Å². The van der Waals surface area contributed by atoms with Crippen LogP contribution in [0.3, 0.4) is 0 Å². The van der Waals surface area contributed by atoms with Gasteiger partial charge in [0.2, 0.25) is 5.91 Å². The number of hydrogen-bond donors (Lipinski definition) is 2. The fourth-order valence-corrected chi connectivity index (χ4v) is 1.99. The number of fused-ring (bicyclic) bond motifs is 1. The number of ether oxygens (including phenoxy) is 1. The first kappa shape index (κ1) is 13.1. The molecule has 0 aliphatic carbocycles. The van der Waals surface area contributed by atoms with E-state index in [1.807, 2.05) is 32.0 Å². The first-order valence-electron chi connectivity index (χ1n) is 6.37. The predicted molar refractivity (Wildman–Crippen MR) is 71.0 cm³/mol. The van der Waals surface area contributed by atoms with Gasteiger partial charge in [-0.05, 0) is 29.2 Å². The summed E-state index contributed by atoms with van der Waals surface area (Å²) in [6, 6.07) is 5.39. The maximum absolute atomic E-state index is 11.9. The number of rotatable bonds is 4. The normalized spacial score (nSPS) is 17.1. The van der Waals surface area contributed by atoms with Crippen molar-refractivity contribution < 1.29 is 9.53 Å². The Morgan fingerprint density at radius 3 is 2.89 bits per heavy atom. The molecule has 0 radical (unpaired) electrons. The average molecular weight is 248 g/mol. The molecule has 1 aliphatic heterocycles. The highest BCUT2D eigenvalue weighted by Crippen LogP contribution is 2.23. The summed E-state index contributed by atoms with van der Waals surface area (Å²) in [6.45, 7) is 5.30. The van der Waals surface area contributed by atoms with Gasteiger partial charge < -0.3 is 15.8 Å². The first-order valence-corrected chi connectivity index (χ1v) is 6.37. The highest BCUT2D eigenvalue weighted by Gasteiger charge is 2.20. The topological polar surface area (TPSA) is 64.4 Å². The number of nitrogens with two attached hydrogens (primary N) is 1. The van der Waals surface area contributed by atoms with Gasteiger partial charge in [0.05, 0.1) is 19.3 Å². The van der Waals surface area contributed by atoms with Crippen molar-refractivity contribution in [1.29, 1.82) is 0 Å². The van der Waals surface area contributed by atoms with Gasteiger partial charge in [-0.25, -0.2) is 0 Å². The molecule has 4 nitrogen and oxygen atoms in total. The zero-order chi connectivity index (χ0) is 13.1. The van der Waals surface area contributed by atoms with Crippen LogP contribution in [0.15, 0.2) is 18.2 Å². The third-order valence-corrected chi connectivity index (χ3v) is 3.55. The maximum atomic E-state index is 11.9. The summed E-state index contributed by atoms with van der Waals surface area (Å²) in [5.41, 5.74) is 9.03. The van der Waals surface area contributed by atoms with Crippen molar-refractivity contribution in [3.8, 4) is 0 Å². The van der Waals surface area contributed by atoms with Gasteiger partial charge in [0.1, 0.15) is 0 Å². The van der Waals surface area contributed by atoms with Gasteiger partial charge in [-0.3, -0.25) is 4.79 Å². The molecule has 4 heteroatoms. The lowest BCUT2D eigenvalue weighted by Crippen LogP contribution is -2.40. The Kier molecular flexibility index (Phi) is 3.99. The molecule has 2 unspecified atom stereocenters. The van der Waals surface area contributed by atoms with Crippen LogP contribution in [0.2, 0.25) is 0 Å². The van der Waals surface area contributed by atoms with Crippen LogP contribution in [0.5, 0.6) is 0 Å². The summed E-state index contributed by atoms with van der Waals surface area (Å²) in [4.78, 5) is 11.9. The van der Waals surface area contributed by atoms with Gasteiger partial charge in [-0.1, -0.05) is 26.3 Å². The first-order chi connectivity index (χ1) is 8.61. The Balaban J connectivity index is 2.03. The quantitative estimate of drug-likeness (QED) is 0.857. The lowest BCUT2D eigenvalue weighted by atomic mass is 9.99. The second-order valence-corrected chi connectivity index (χ2v) is 4.88. The van der Waals surface area contributed by atoms with Crippen LogP contribution in [-0.4, -0.2) is 11.9 Å². The molecule has 2 rings (SSSR count). The van der Waals surface area contributed by atoms with Gasteiger partial charge >= 0.3 is 0 Å². The van der Waals surface area contributed by atoms with Crippen LogP contribution < -0.4 is 11.1 Å². The summed E-state index contributed by atoms with van der Waals surface area (Å²) < 4.78 is 5.34. The lowest BCUT2D eigenvalue weighted by molar-refractivity contribution is -0.118. The fraction of sp³-hybridized carbons (Fsp3) is 0.500. The van der Waals surface area contributed by atoms with Crippen molar-refractivity contribution in [2.75, 3.05) is 5.32 Å². The monoisotopic (exact) mass is 248 g/mol. The van der Waals surface area contributed by atoms with E-state index in [9.17, 15) is 4.79 Å². The van der Waals surface area contributed by atoms with Crippen molar-refractivity contribution in [2.24, 2.45) is 11.7 Å². The number of hydrogen-bond acceptors (Lipinski definition) is 3. The van der Waals surface area contributed by atoms with E-state index in [-0.39, 0.29) is 11.8 Å². The number of anilines is 1. The van der Waals surface area contributed by atoms with Crippen molar-refractivity contribution >= 4 is 11.6 Å². The van der Waals surface area contributed by atoms with Gasteiger partial charge in [0, 0.05) is 5.69 Å². The van der Waals surface area contributed by atoms with E-state index >= 15 is 0 Å². The van der Waals surface area contributed by atoms with E-state index in [2.05, 4.69) is 5.32 Å². The smallest absolute Gasteiger partial charge is 0.241 e. The minimum absolute atomic E-state index is 0.122. The summed E-state index contributed by atoms with van der Waals surface area (Å²) in [5, 5.41) is 2.87. The second kappa shape index (κ2) is 5.50. The average Bonchev–Trinajstić information content (AvgIpc) is 2.84. The minimum Gasteiger partial charge on any atom is -0.372 e. The van der Waals surface area contributed by atoms with Crippen LogP contribution in [0.1, 0.15) is 31.4 Å². The van der Waals surface area contributed by atoms with Crippen molar-refractivity contribution in [1.82, 2.24) is 0 Å². The van der Waals surface area contributed by atoms with Gasteiger partial charge in [0.25, 0.3) is 0 Å².